The number of carbonyl (C=O) groups is 1. The van der Waals surface area contributed by atoms with Gasteiger partial charge >= 0.3 is 0 Å². The average Bonchev–Trinajstić information content (AvgIpc) is 2.68. The summed E-state index contributed by atoms with van der Waals surface area (Å²) in [6.07, 6.45) is 0.402. The Morgan fingerprint density at radius 1 is 1.25 bits per heavy atom. The lowest BCUT2D eigenvalue weighted by Gasteiger charge is -2.37. The third kappa shape index (κ3) is 2.93. The van der Waals surface area contributed by atoms with E-state index in [0.29, 0.717) is 19.6 Å². The number of hydrogen-bond donors (Lipinski definition) is 1. The van der Waals surface area contributed by atoms with Gasteiger partial charge in [-0.3, -0.25) is 16.7 Å². The molecule has 2 saturated heterocycles. The van der Waals surface area contributed by atoms with Crippen molar-refractivity contribution in [3.8, 4) is 0 Å². The quantitative estimate of drug-likeness (QED) is 0.613. The highest BCUT2D eigenvalue weighted by atomic mass is 16.3. The van der Waals surface area contributed by atoms with Gasteiger partial charge in [0, 0.05) is 26.2 Å². The molecule has 0 unspecified atom stereocenters. The summed E-state index contributed by atoms with van der Waals surface area (Å²) < 4.78 is 0. The molecule has 5 heteroatoms. The van der Waals surface area contributed by atoms with Crippen molar-refractivity contribution in [2.75, 3.05) is 45.8 Å². The first-order valence-corrected chi connectivity index (χ1v) is 5.89. The summed E-state index contributed by atoms with van der Waals surface area (Å²) in [5, 5.41) is 9.37. The molecule has 16 heavy (non-hydrogen) atoms. The van der Waals surface area contributed by atoms with Gasteiger partial charge in [0.25, 0.3) is 0 Å². The summed E-state index contributed by atoms with van der Waals surface area (Å²) in [6, 6.07) is 0. The molecule has 0 radical (unpaired) electrons. The minimum absolute atomic E-state index is 0.147. The van der Waals surface area contributed by atoms with E-state index in [2.05, 4.69) is 11.9 Å². The van der Waals surface area contributed by atoms with Gasteiger partial charge in [-0.2, -0.15) is 0 Å². The topological polar surface area (TPSA) is 47.0 Å². The second-order valence-electron chi connectivity index (χ2n) is 4.68. The molecule has 0 bridgehead atoms. The van der Waals surface area contributed by atoms with Crippen molar-refractivity contribution in [2.24, 2.45) is 0 Å². The number of amides is 1. The number of hydrogen-bond acceptors (Lipinski definition) is 4. The van der Waals surface area contributed by atoms with Gasteiger partial charge in [0.2, 0.25) is 5.91 Å². The molecule has 2 rings (SSSR count). The molecule has 2 aliphatic heterocycles. The van der Waals surface area contributed by atoms with E-state index in [4.69, 9.17) is 0 Å². The van der Waals surface area contributed by atoms with Crippen LogP contribution in [0.25, 0.3) is 0 Å². The van der Waals surface area contributed by atoms with Gasteiger partial charge in [0.05, 0.1) is 12.6 Å². The summed E-state index contributed by atoms with van der Waals surface area (Å²) >= 11 is 0. The van der Waals surface area contributed by atoms with Gasteiger partial charge in [-0.05, 0) is 19.5 Å². The normalized spacial score (nSPS) is 28.6. The number of rotatable bonds is 2. The van der Waals surface area contributed by atoms with E-state index >= 15 is 0 Å². The fourth-order valence-corrected chi connectivity index (χ4v) is 2.21. The maximum atomic E-state index is 11.9. The molecule has 0 saturated carbocycles. The van der Waals surface area contributed by atoms with E-state index in [-0.39, 0.29) is 12.0 Å². The number of aliphatic hydroxyl groups is 1. The SMILES string of the molecule is [CH2-]N1CCN(CC(=O)N2CC[C@@H](O)C2)CC1. The lowest BCUT2D eigenvalue weighted by Crippen LogP contribution is -2.48. The number of β-amino-alcohol motifs (C(OH)–C–C–N with tert-alkyl or cyclic N) is 1. The van der Waals surface area contributed by atoms with E-state index in [9.17, 15) is 9.90 Å². The Kier molecular flexibility index (Phi) is 3.78. The fraction of sp³-hybridized carbons (Fsp3) is 0.818. The molecule has 2 aliphatic rings. The standard InChI is InChI=1S/C11H20N3O2/c1-12-4-6-13(7-5-12)9-11(16)14-3-2-10(15)8-14/h10,15H,1-9H2/q-1/t10-/m1/s1. The van der Waals surface area contributed by atoms with Crippen LogP contribution in [0.15, 0.2) is 0 Å². The Labute approximate surface area is 96.6 Å². The average molecular weight is 226 g/mol. The molecule has 92 valence electrons. The Bertz CT molecular complexity index is 252. The summed E-state index contributed by atoms with van der Waals surface area (Å²) in [5.74, 6) is 0.147. The first-order valence-electron chi connectivity index (χ1n) is 5.89. The molecule has 0 aromatic carbocycles. The first-order chi connectivity index (χ1) is 7.65. The highest BCUT2D eigenvalue weighted by molar-refractivity contribution is 5.78. The van der Waals surface area contributed by atoms with Crippen LogP contribution in [-0.2, 0) is 4.79 Å². The zero-order valence-corrected chi connectivity index (χ0v) is 9.64. The van der Waals surface area contributed by atoms with E-state index in [1.807, 2.05) is 4.90 Å². The molecular weight excluding hydrogens is 206 g/mol. The Morgan fingerprint density at radius 2 is 1.94 bits per heavy atom. The van der Waals surface area contributed by atoms with Crippen molar-refractivity contribution < 1.29 is 9.90 Å². The van der Waals surface area contributed by atoms with Crippen LogP contribution in [0.3, 0.4) is 0 Å². The second kappa shape index (κ2) is 5.12. The van der Waals surface area contributed by atoms with Crippen molar-refractivity contribution in [2.45, 2.75) is 12.5 Å². The molecule has 0 aliphatic carbocycles. The number of nitrogens with zero attached hydrogens (tertiary/aromatic N) is 3. The van der Waals surface area contributed by atoms with Gasteiger partial charge in [-0.15, -0.1) is 0 Å². The number of aliphatic hydroxyl groups excluding tert-OH is 1. The zero-order valence-electron chi connectivity index (χ0n) is 9.64. The van der Waals surface area contributed by atoms with Gasteiger partial charge < -0.3 is 14.9 Å². The molecule has 1 amide bonds. The highest BCUT2D eigenvalue weighted by Gasteiger charge is 2.25. The largest absolute Gasteiger partial charge is 0.457 e. The minimum atomic E-state index is -0.319. The lowest BCUT2D eigenvalue weighted by atomic mass is 10.3. The third-order valence-corrected chi connectivity index (χ3v) is 3.34. The highest BCUT2D eigenvalue weighted by Crippen LogP contribution is 2.10. The Balaban J connectivity index is 1.75. The molecule has 2 heterocycles. The van der Waals surface area contributed by atoms with Gasteiger partial charge in [-0.1, -0.05) is 0 Å². The van der Waals surface area contributed by atoms with Crippen molar-refractivity contribution in [3.63, 3.8) is 0 Å². The molecular formula is C11H20N3O2-. The summed E-state index contributed by atoms with van der Waals surface area (Å²) in [4.78, 5) is 17.8. The molecule has 0 aromatic heterocycles. The van der Waals surface area contributed by atoms with Crippen LogP contribution < -0.4 is 0 Å². The summed E-state index contributed by atoms with van der Waals surface area (Å²) in [5.41, 5.74) is 0. The molecule has 2 fully saturated rings. The maximum Gasteiger partial charge on any atom is 0.236 e. The molecule has 5 nitrogen and oxygen atoms in total. The lowest BCUT2D eigenvalue weighted by molar-refractivity contribution is -0.132. The Morgan fingerprint density at radius 3 is 2.50 bits per heavy atom. The van der Waals surface area contributed by atoms with Crippen LogP contribution in [0.1, 0.15) is 6.42 Å². The number of likely N-dealkylation sites (tertiary alicyclic amines) is 1. The molecule has 1 N–H and O–H groups in total. The van der Waals surface area contributed by atoms with Crippen LogP contribution in [0.4, 0.5) is 0 Å². The number of piperazine rings is 1. The molecule has 0 spiro atoms. The zero-order chi connectivity index (χ0) is 11.5. The van der Waals surface area contributed by atoms with Crippen LogP contribution in [0.2, 0.25) is 0 Å². The second-order valence-corrected chi connectivity index (χ2v) is 4.68. The van der Waals surface area contributed by atoms with E-state index in [1.165, 1.54) is 0 Å². The summed E-state index contributed by atoms with van der Waals surface area (Å²) in [7, 11) is 3.88. The predicted octanol–water partition coefficient (Wildman–Crippen LogP) is -1.01. The van der Waals surface area contributed by atoms with Gasteiger partial charge in [0.15, 0.2) is 0 Å². The van der Waals surface area contributed by atoms with Gasteiger partial charge in [0.1, 0.15) is 0 Å². The smallest absolute Gasteiger partial charge is 0.236 e. The third-order valence-electron chi connectivity index (χ3n) is 3.34. The van der Waals surface area contributed by atoms with E-state index < -0.39 is 0 Å². The fourth-order valence-electron chi connectivity index (χ4n) is 2.21. The summed E-state index contributed by atoms with van der Waals surface area (Å²) in [6.45, 7) is 5.37. The van der Waals surface area contributed by atoms with Crippen LogP contribution in [0, 0.1) is 7.05 Å². The van der Waals surface area contributed by atoms with Crippen molar-refractivity contribution in [1.82, 2.24) is 14.7 Å². The monoisotopic (exact) mass is 226 g/mol. The van der Waals surface area contributed by atoms with Crippen LogP contribution in [-0.4, -0.2) is 77.6 Å². The van der Waals surface area contributed by atoms with Crippen molar-refractivity contribution in [3.05, 3.63) is 7.05 Å². The van der Waals surface area contributed by atoms with Crippen molar-refractivity contribution in [1.29, 1.82) is 0 Å². The van der Waals surface area contributed by atoms with Crippen molar-refractivity contribution >= 4 is 5.91 Å². The Hall–Kier alpha value is -0.650. The van der Waals surface area contributed by atoms with Crippen LogP contribution in [0.5, 0.6) is 0 Å². The number of carbonyl (C=O) groups excluding carboxylic acids is 1. The maximum absolute atomic E-state index is 11.9. The van der Waals surface area contributed by atoms with E-state index in [1.54, 1.807) is 4.90 Å². The molecule has 1 atom stereocenters. The van der Waals surface area contributed by atoms with Crippen LogP contribution >= 0.6 is 0 Å². The van der Waals surface area contributed by atoms with E-state index in [0.717, 1.165) is 32.6 Å². The molecule has 0 aromatic rings. The van der Waals surface area contributed by atoms with Gasteiger partial charge in [-0.25, -0.2) is 0 Å². The predicted molar refractivity (Wildman–Crippen MR) is 60.6 cm³/mol. The first kappa shape index (κ1) is 11.8. The minimum Gasteiger partial charge on any atom is -0.457 e.